The normalized spacial score (nSPS) is 12.7. The lowest BCUT2D eigenvalue weighted by Crippen LogP contribution is -2.17. The van der Waals surface area contributed by atoms with E-state index in [1.165, 1.54) is 6.07 Å². The lowest BCUT2D eigenvalue weighted by molar-refractivity contribution is 0.617. The van der Waals surface area contributed by atoms with Crippen LogP contribution in [0.3, 0.4) is 0 Å². The van der Waals surface area contributed by atoms with E-state index in [2.05, 4.69) is 21.0 Å². The van der Waals surface area contributed by atoms with E-state index in [9.17, 15) is 4.39 Å². The number of hydrogen-bond donors (Lipinski definition) is 1. The van der Waals surface area contributed by atoms with E-state index in [4.69, 9.17) is 5.73 Å². The van der Waals surface area contributed by atoms with Gasteiger partial charge in [-0.15, -0.1) is 0 Å². The van der Waals surface area contributed by atoms with Gasteiger partial charge < -0.3 is 5.73 Å². The summed E-state index contributed by atoms with van der Waals surface area (Å²) < 4.78 is 15.4. The zero-order chi connectivity index (χ0) is 13.1. The summed E-state index contributed by atoms with van der Waals surface area (Å²) in [5.74, 6) is -0.253. The van der Waals surface area contributed by atoms with Crippen molar-refractivity contribution in [1.82, 2.24) is 9.78 Å². The van der Waals surface area contributed by atoms with Gasteiger partial charge in [-0.25, -0.2) is 4.39 Å². The fraction of sp³-hybridized carbons (Fsp3) is 0.308. The second kappa shape index (κ2) is 5.63. The molecule has 3 nitrogen and oxygen atoms in total. The van der Waals surface area contributed by atoms with Crippen molar-refractivity contribution in [1.29, 1.82) is 0 Å². The largest absolute Gasteiger partial charge is 0.328 e. The number of nitrogens with two attached hydrogens (primary N) is 1. The third-order valence-electron chi connectivity index (χ3n) is 2.57. The molecule has 0 amide bonds. The number of halogens is 2. The number of hydrogen-bond acceptors (Lipinski definition) is 2. The van der Waals surface area contributed by atoms with Gasteiger partial charge in [-0.1, -0.05) is 6.07 Å². The first-order chi connectivity index (χ1) is 8.54. The van der Waals surface area contributed by atoms with E-state index < -0.39 is 0 Å². The summed E-state index contributed by atoms with van der Waals surface area (Å²) in [5.41, 5.74) is 7.85. The summed E-state index contributed by atoms with van der Waals surface area (Å²) in [5, 5.41) is 4.27. The van der Waals surface area contributed by atoms with Gasteiger partial charge in [-0.3, -0.25) is 4.68 Å². The maximum Gasteiger partial charge on any atom is 0.137 e. The van der Waals surface area contributed by atoms with Gasteiger partial charge in [-0.05, 0) is 52.5 Å². The molecule has 1 unspecified atom stereocenters. The fourth-order valence-electron chi connectivity index (χ4n) is 1.80. The second-order valence-corrected chi connectivity index (χ2v) is 5.33. The van der Waals surface area contributed by atoms with Crippen molar-refractivity contribution in [3.05, 3.63) is 52.0 Å². The average Bonchev–Trinajstić information content (AvgIpc) is 2.70. The lowest BCUT2D eigenvalue weighted by atomic mass is 10.1. The molecule has 1 aromatic carbocycles. The highest BCUT2D eigenvalue weighted by molar-refractivity contribution is 9.10. The van der Waals surface area contributed by atoms with Crippen LogP contribution in [0.1, 0.15) is 18.1 Å². The topological polar surface area (TPSA) is 43.8 Å². The molecule has 0 aliphatic rings. The van der Waals surface area contributed by atoms with Crippen LogP contribution in [0.25, 0.3) is 0 Å². The Hall–Kier alpha value is -1.20. The van der Waals surface area contributed by atoms with Gasteiger partial charge in [0, 0.05) is 12.2 Å². The molecule has 2 N–H and O–H groups in total. The molecule has 1 atom stereocenters. The van der Waals surface area contributed by atoms with Crippen LogP contribution in [0.15, 0.2) is 35.1 Å². The Labute approximate surface area is 114 Å². The minimum Gasteiger partial charge on any atom is -0.328 e. The summed E-state index contributed by atoms with van der Waals surface area (Å²) in [6, 6.07) is 5.10. The van der Waals surface area contributed by atoms with Crippen molar-refractivity contribution < 1.29 is 4.39 Å². The SMILES string of the molecule is CC(N)Cc1cnn(Cc2ccc(F)c(Br)c2)c1. The van der Waals surface area contributed by atoms with Gasteiger partial charge in [-0.2, -0.15) is 5.10 Å². The molecule has 1 aromatic heterocycles. The average molecular weight is 312 g/mol. The Morgan fingerprint density at radius 2 is 2.22 bits per heavy atom. The van der Waals surface area contributed by atoms with E-state index in [-0.39, 0.29) is 11.9 Å². The number of rotatable bonds is 4. The monoisotopic (exact) mass is 311 g/mol. The minimum atomic E-state index is -0.253. The summed E-state index contributed by atoms with van der Waals surface area (Å²) in [6.07, 6.45) is 4.61. The highest BCUT2D eigenvalue weighted by atomic mass is 79.9. The summed E-state index contributed by atoms with van der Waals surface area (Å²) >= 11 is 3.18. The van der Waals surface area contributed by atoms with Crippen molar-refractivity contribution in [2.75, 3.05) is 0 Å². The fourth-order valence-corrected chi connectivity index (χ4v) is 2.22. The first-order valence-corrected chi connectivity index (χ1v) is 6.55. The molecule has 0 saturated heterocycles. The van der Waals surface area contributed by atoms with Crippen LogP contribution in [0.5, 0.6) is 0 Å². The molecule has 0 saturated carbocycles. The van der Waals surface area contributed by atoms with Crippen molar-refractivity contribution in [2.24, 2.45) is 5.73 Å². The van der Waals surface area contributed by atoms with E-state index in [1.54, 1.807) is 12.1 Å². The van der Waals surface area contributed by atoms with Crippen LogP contribution >= 0.6 is 15.9 Å². The third-order valence-corrected chi connectivity index (χ3v) is 3.18. The first kappa shape index (κ1) is 13.2. The molecule has 0 aliphatic heterocycles. The van der Waals surface area contributed by atoms with E-state index in [0.717, 1.165) is 17.5 Å². The summed E-state index contributed by atoms with van der Waals surface area (Å²) in [4.78, 5) is 0. The van der Waals surface area contributed by atoms with Crippen molar-refractivity contribution >= 4 is 15.9 Å². The van der Waals surface area contributed by atoms with Crippen molar-refractivity contribution in [3.63, 3.8) is 0 Å². The maximum absolute atomic E-state index is 13.1. The quantitative estimate of drug-likeness (QED) is 0.943. The maximum atomic E-state index is 13.1. The Bertz CT molecular complexity index is 537. The van der Waals surface area contributed by atoms with E-state index in [0.29, 0.717) is 11.0 Å². The number of nitrogens with zero attached hydrogens (tertiary/aromatic N) is 2. The molecule has 5 heteroatoms. The van der Waals surface area contributed by atoms with Crippen molar-refractivity contribution in [3.8, 4) is 0 Å². The zero-order valence-electron chi connectivity index (χ0n) is 10.1. The lowest BCUT2D eigenvalue weighted by Gasteiger charge is -2.03. The highest BCUT2D eigenvalue weighted by Gasteiger charge is 2.04. The molecule has 0 fully saturated rings. The van der Waals surface area contributed by atoms with Gasteiger partial charge >= 0.3 is 0 Å². The van der Waals surface area contributed by atoms with Gasteiger partial charge in [0.25, 0.3) is 0 Å². The van der Waals surface area contributed by atoms with Gasteiger partial charge in [0.1, 0.15) is 5.82 Å². The Morgan fingerprint density at radius 3 is 2.89 bits per heavy atom. The molecule has 96 valence electrons. The number of benzene rings is 1. The van der Waals surface area contributed by atoms with Gasteiger partial charge in [0.15, 0.2) is 0 Å². The highest BCUT2D eigenvalue weighted by Crippen LogP contribution is 2.17. The predicted octanol–water partition coefficient (Wildman–Crippen LogP) is 2.72. The molecule has 1 heterocycles. The molecule has 18 heavy (non-hydrogen) atoms. The molecule has 0 spiro atoms. The standard InChI is InChI=1S/C13H15BrFN3/c1-9(16)4-11-6-17-18(8-11)7-10-2-3-13(15)12(14)5-10/h2-3,5-6,8-9H,4,7,16H2,1H3. The smallest absolute Gasteiger partial charge is 0.137 e. The van der Waals surface area contributed by atoms with E-state index >= 15 is 0 Å². The van der Waals surface area contributed by atoms with Crippen LogP contribution in [-0.2, 0) is 13.0 Å². The van der Waals surface area contributed by atoms with Crippen LogP contribution < -0.4 is 5.73 Å². The molecule has 2 rings (SSSR count). The van der Waals surface area contributed by atoms with Gasteiger partial charge in [0.2, 0.25) is 0 Å². The zero-order valence-corrected chi connectivity index (χ0v) is 11.7. The molecule has 2 aromatic rings. The van der Waals surface area contributed by atoms with Crippen LogP contribution in [0.2, 0.25) is 0 Å². The van der Waals surface area contributed by atoms with Gasteiger partial charge in [0.05, 0.1) is 17.2 Å². The first-order valence-electron chi connectivity index (χ1n) is 5.75. The molecular weight excluding hydrogens is 297 g/mol. The van der Waals surface area contributed by atoms with Crippen LogP contribution in [0.4, 0.5) is 4.39 Å². The molecule has 0 aliphatic carbocycles. The Balaban J connectivity index is 2.08. The summed E-state index contributed by atoms with van der Waals surface area (Å²) in [6.45, 7) is 2.59. The van der Waals surface area contributed by atoms with Crippen LogP contribution in [-0.4, -0.2) is 15.8 Å². The van der Waals surface area contributed by atoms with Crippen molar-refractivity contribution in [2.45, 2.75) is 25.9 Å². The minimum absolute atomic E-state index is 0.127. The number of aromatic nitrogens is 2. The Kier molecular flexibility index (Phi) is 4.14. The van der Waals surface area contributed by atoms with Crippen LogP contribution in [0, 0.1) is 5.82 Å². The Morgan fingerprint density at radius 1 is 1.44 bits per heavy atom. The molecule has 0 bridgehead atoms. The third kappa shape index (κ3) is 3.40. The summed E-state index contributed by atoms with van der Waals surface area (Å²) in [7, 11) is 0. The van der Waals surface area contributed by atoms with E-state index in [1.807, 2.05) is 24.0 Å². The second-order valence-electron chi connectivity index (χ2n) is 4.48. The molecular formula is C13H15BrFN3. The molecule has 0 radical (unpaired) electrons. The predicted molar refractivity (Wildman–Crippen MR) is 72.8 cm³/mol.